The normalized spacial score (nSPS) is 23.1. The molecule has 2 heterocycles. The minimum absolute atomic E-state index is 0.0415. The van der Waals surface area contributed by atoms with Gasteiger partial charge in [-0.1, -0.05) is 30.3 Å². The number of aliphatic hydroxyl groups excluding tert-OH is 2. The van der Waals surface area contributed by atoms with Gasteiger partial charge in [-0.25, -0.2) is 21.2 Å². The van der Waals surface area contributed by atoms with Gasteiger partial charge in [0, 0.05) is 36.8 Å². The molecule has 5 N–H and O–H groups in total. The lowest BCUT2D eigenvalue weighted by Gasteiger charge is -2.38. The van der Waals surface area contributed by atoms with Crippen molar-refractivity contribution in [1.29, 1.82) is 0 Å². The highest BCUT2D eigenvalue weighted by atomic mass is 32.2. The number of ether oxygens (including phenoxy) is 2. The molecule has 3 aromatic carbocycles. The first-order chi connectivity index (χ1) is 23.8. The smallest absolute Gasteiger partial charge is 0.243 e. The third kappa shape index (κ3) is 6.84. The van der Waals surface area contributed by atoms with Gasteiger partial charge in [-0.2, -0.15) is 4.31 Å². The lowest BCUT2D eigenvalue weighted by molar-refractivity contribution is -0.0312. The third-order valence-electron chi connectivity index (χ3n) is 10.8. The summed E-state index contributed by atoms with van der Waals surface area (Å²) < 4.78 is 80.3. The fourth-order valence-electron chi connectivity index (χ4n) is 7.08. The zero-order valence-corrected chi connectivity index (χ0v) is 29.4. The maximum atomic E-state index is 14.9. The number of hydrogen-bond acceptors (Lipinski definition) is 10. The minimum atomic E-state index is -3.87. The lowest BCUT2D eigenvalue weighted by Crippen LogP contribution is -2.47. The molecule has 4 fully saturated rings. The second-order valence-electron chi connectivity index (χ2n) is 14.4. The largest absolute Gasteiger partial charge is 0.491 e. The van der Waals surface area contributed by atoms with Crippen LogP contribution in [-0.4, -0.2) is 93.3 Å². The highest BCUT2D eigenvalue weighted by Crippen LogP contribution is 2.47. The van der Waals surface area contributed by atoms with E-state index in [0.29, 0.717) is 50.0 Å². The van der Waals surface area contributed by atoms with Crippen LogP contribution in [0.5, 0.6) is 5.75 Å². The Morgan fingerprint density at radius 3 is 2.34 bits per heavy atom. The van der Waals surface area contributed by atoms with E-state index in [9.17, 15) is 31.4 Å². The van der Waals surface area contributed by atoms with Gasteiger partial charge in [0.2, 0.25) is 10.0 Å². The Balaban J connectivity index is 0.897. The van der Waals surface area contributed by atoms with Crippen molar-refractivity contribution in [3.05, 3.63) is 78.1 Å². The van der Waals surface area contributed by atoms with E-state index in [0.717, 1.165) is 18.4 Å². The van der Waals surface area contributed by atoms with Crippen molar-refractivity contribution in [2.24, 2.45) is 5.73 Å². The van der Waals surface area contributed by atoms with Crippen molar-refractivity contribution in [2.45, 2.75) is 82.8 Å². The van der Waals surface area contributed by atoms with E-state index in [4.69, 9.17) is 15.2 Å². The van der Waals surface area contributed by atoms with Gasteiger partial charge in [0.25, 0.3) is 0 Å². The van der Waals surface area contributed by atoms with Crippen molar-refractivity contribution in [3.8, 4) is 16.9 Å². The quantitative estimate of drug-likeness (QED) is 0.205. The van der Waals surface area contributed by atoms with Gasteiger partial charge in [-0.05, 0) is 92.5 Å². The standard InChI is InChI=1S/C36H44FN3O8S2/c37-33-9-8-31(19-32(33)25-4-6-26(7-5-25)36(38)12-13-36)50(45,46)40-16-14-34(15-17-40)20-27(22-48-34)39-21-28(42)23-47-29-2-1-3-30(18-29)49(43,44)35(24-41)10-11-35/h1-9,18-19,27-28,39,41-42H,10-17,20-24,38H2. The van der Waals surface area contributed by atoms with Crippen LogP contribution in [0.15, 0.2) is 76.5 Å². The van der Waals surface area contributed by atoms with Crippen LogP contribution >= 0.6 is 0 Å². The van der Waals surface area contributed by atoms with Gasteiger partial charge in [0.1, 0.15) is 24.3 Å². The first-order valence-electron chi connectivity index (χ1n) is 17.1. The number of piperidine rings is 1. The Bertz CT molecular complexity index is 1940. The van der Waals surface area contributed by atoms with E-state index in [2.05, 4.69) is 5.32 Å². The second kappa shape index (κ2) is 13.2. The topological polar surface area (TPSA) is 168 Å². The number of benzene rings is 3. The number of halogens is 1. The molecule has 4 aliphatic rings. The fourth-order valence-corrected chi connectivity index (χ4v) is 10.4. The molecule has 1 spiro atoms. The number of hydrogen-bond donors (Lipinski definition) is 4. The molecule has 50 heavy (non-hydrogen) atoms. The van der Waals surface area contributed by atoms with E-state index >= 15 is 0 Å². The summed E-state index contributed by atoms with van der Waals surface area (Å²) >= 11 is 0. The molecule has 7 rings (SSSR count). The van der Waals surface area contributed by atoms with E-state index in [1.165, 1.54) is 34.6 Å². The van der Waals surface area contributed by atoms with E-state index in [-0.39, 0.29) is 53.2 Å². The third-order valence-corrected chi connectivity index (χ3v) is 15.3. The predicted octanol–water partition coefficient (Wildman–Crippen LogP) is 3.08. The molecule has 2 saturated carbocycles. The molecule has 2 aliphatic heterocycles. The van der Waals surface area contributed by atoms with Crippen LogP contribution in [0.3, 0.4) is 0 Å². The summed E-state index contributed by atoms with van der Waals surface area (Å²) in [6.45, 7) is 0.687. The molecule has 2 saturated heterocycles. The SMILES string of the molecule is NC1(c2ccc(-c3cc(S(=O)(=O)N4CCC5(CC4)CC(NCC(O)COc4cccc(S(=O)(=O)C6(CO)CC6)c4)CO5)ccc3F)cc2)CC1. The molecule has 0 radical (unpaired) electrons. The molecule has 2 atom stereocenters. The number of sulfonamides is 1. The van der Waals surface area contributed by atoms with Gasteiger partial charge in [-0.15, -0.1) is 0 Å². The average Bonchev–Trinajstić information content (AvgIpc) is 4.05. The average molecular weight is 730 g/mol. The zero-order valence-electron chi connectivity index (χ0n) is 27.8. The Labute approximate surface area is 292 Å². The summed E-state index contributed by atoms with van der Waals surface area (Å²) in [4.78, 5) is 0.128. The molecule has 0 amide bonds. The van der Waals surface area contributed by atoms with E-state index in [1.807, 2.05) is 12.1 Å². The Kier molecular flexibility index (Phi) is 9.38. The zero-order chi connectivity index (χ0) is 35.4. The van der Waals surface area contributed by atoms with Crippen LogP contribution in [0.4, 0.5) is 4.39 Å². The highest BCUT2D eigenvalue weighted by Gasteiger charge is 2.54. The monoisotopic (exact) mass is 729 g/mol. The van der Waals surface area contributed by atoms with Crippen LogP contribution in [0.1, 0.15) is 50.5 Å². The number of sulfone groups is 1. The number of aliphatic hydroxyl groups is 2. The molecular weight excluding hydrogens is 686 g/mol. The summed E-state index contributed by atoms with van der Waals surface area (Å²) in [5.74, 6) is -0.184. The summed E-state index contributed by atoms with van der Waals surface area (Å²) in [5.41, 5.74) is 7.29. The second-order valence-corrected chi connectivity index (χ2v) is 18.6. The van der Waals surface area contributed by atoms with Crippen LogP contribution in [0, 0.1) is 5.82 Å². The van der Waals surface area contributed by atoms with Crippen molar-refractivity contribution in [1.82, 2.24) is 9.62 Å². The van der Waals surface area contributed by atoms with E-state index < -0.39 is 48.7 Å². The summed E-state index contributed by atoms with van der Waals surface area (Å²) in [7, 11) is -7.56. The van der Waals surface area contributed by atoms with Crippen molar-refractivity contribution in [2.75, 3.05) is 39.5 Å². The number of nitrogens with one attached hydrogen (secondary N) is 1. The Morgan fingerprint density at radius 1 is 0.960 bits per heavy atom. The van der Waals surface area contributed by atoms with Crippen LogP contribution in [0.2, 0.25) is 0 Å². The van der Waals surface area contributed by atoms with Crippen molar-refractivity contribution < 1.29 is 40.9 Å². The van der Waals surface area contributed by atoms with Gasteiger partial charge >= 0.3 is 0 Å². The fraction of sp³-hybridized carbons (Fsp3) is 0.500. The summed E-state index contributed by atoms with van der Waals surface area (Å²) in [5, 5.41) is 23.5. The Hall–Kier alpha value is -2.95. The molecule has 2 unspecified atom stereocenters. The van der Waals surface area contributed by atoms with Crippen LogP contribution in [-0.2, 0) is 30.1 Å². The van der Waals surface area contributed by atoms with Crippen LogP contribution in [0.25, 0.3) is 11.1 Å². The molecule has 270 valence electrons. The molecule has 0 aromatic heterocycles. The minimum Gasteiger partial charge on any atom is -0.491 e. The number of rotatable bonds is 13. The predicted molar refractivity (Wildman–Crippen MR) is 184 cm³/mol. The number of nitrogens with zero attached hydrogens (tertiary/aromatic N) is 1. The molecule has 2 aliphatic carbocycles. The molecule has 0 bridgehead atoms. The first kappa shape index (κ1) is 35.5. The van der Waals surface area contributed by atoms with Crippen molar-refractivity contribution >= 4 is 19.9 Å². The van der Waals surface area contributed by atoms with Gasteiger partial charge in [0.15, 0.2) is 9.84 Å². The molecule has 11 nitrogen and oxygen atoms in total. The number of nitrogens with two attached hydrogens (primary N) is 1. The maximum absolute atomic E-state index is 14.9. The lowest BCUT2D eigenvalue weighted by atomic mass is 9.88. The maximum Gasteiger partial charge on any atom is 0.243 e. The summed E-state index contributed by atoms with van der Waals surface area (Å²) in [6.07, 6.45) is 3.46. The molecule has 14 heteroatoms. The van der Waals surface area contributed by atoms with E-state index in [1.54, 1.807) is 24.3 Å². The van der Waals surface area contributed by atoms with Gasteiger partial charge < -0.3 is 30.7 Å². The Morgan fingerprint density at radius 2 is 1.68 bits per heavy atom. The first-order valence-corrected chi connectivity index (χ1v) is 20.0. The van der Waals surface area contributed by atoms with Crippen molar-refractivity contribution in [3.63, 3.8) is 0 Å². The summed E-state index contributed by atoms with van der Waals surface area (Å²) in [6, 6.07) is 17.3. The van der Waals surface area contributed by atoms with Gasteiger partial charge in [-0.3, -0.25) is 0 Å². The van der Waals surface area contributed by atoms with Gasteiger partial charge in [0.05, 0.1) is 33.4 Å². The molecule has 3 aromatic rings. The highest BCUT2D eigenvalue weighted by molar-refractivity contribution is 7.93. The van der Waals surface area contributed by atoms with Crippen LogP contribution < -0.4 is 15.8 Å². The molecular formula is C36H44FN3O8S2.